The van der Waals surface area contributed by atoms with Crippen LogP contribution in [0.25, 0.3) is 0 Å². The van der Waals surface area contributed by atoms with Crippen LogP contribution in [0, 0.1) is 0 Å². The summed E-state index contributed by atoms with van der Waals surface area (Å²) in [7, 11) is 0. The number of hydrogen-bond acceptors (Lipinski definition) is 4. The minimum Gasteiger partial charge on any atom is -0.389 e. The van der Waals surface area contributed by atoms with Crippen molar-refractivity contribution in [2.24, 2.45) is 0 Å². The highest BCUT2D eigenvalue weighted by atomic mass is 35.5. The van der Waals surface area contributed by atoms with Crippen molar-refractivity contribution >= 4 is 23.5 Å². The Hall–Kier alpha value is -1.63. The van der Waals surface area contributed by atoms with Crippen LogP contribution in [0.4, 0.5) is 4.79 Å². The number of amides is 3. The van der Waals surface area contributed by atoms with E-state index in [9.17, 15) is 14.7 Å². The molecule has 2 atom stereocenters. The van der Waals surface area contributed by atoms with Gasteiger partial charge >= 0.3 is 6.03 Å². The summed E-state index contributed by atoms with van der Waals surface area (Å²) in [6, 6.07) is 6.84. The topological polar surface area (TPSA) is 78.9 Å². The fraction of sp³-hybridized carbons (Fsp3) is 0.600. The van der Waals surface area contributed by atoms with Crippen molar-refractivity contribution < 1.29 is 19.4 Å². The molecule has 6 nitrogen and oxygen atoms in total. The Morgan fingerprint density at radius 2 is 2.00 bits per heavy atom. The molecule has 0 unspecified atom stereocenters. The van der Waals surface area contributed by atoms with Crippen molar-refractivity contribution in [3.05, 3.63) is 34.9 Å². The first-order chi connectivity index (χ1) is 12.9. The highest BCUT2D eigenvalue weighted by molar-refractivity contribution is 6.31. The fourth-order valence-electron chi connectivity index (χ4n) is 3.17. The fourth-order valence-corrected chi connectivity index (χ4v) is 3.36. The lowest BCUT2D eigenvalue weighted by molar-refractivity contribution is -0.132. The molecule has 0 aliphatic carbocycles. The average molecular weight is 397 g/mol. The van der Waals surface area contributed by atoms with Gasteiger partial charge in [0.2, 0.25) is 0 Å². The van der Waals surface area contributed by atoms with Gasteiger partial charge in [0, 0.05) is 5.02 Å². The van der Waals surface area contributed by atoms with Gasteiger partial charge in [0.25, 0.3) is 5.91 Å². The number of carbonyl (C=O) groups excluding carboxylic acids is 2. The van der Waals surface area contributed by atoms with Crippen molar-refractivity contribution in [2.75, 3.05) is 13.2 Å². The smallest absolute Gasteiger partial charge is 0.325 e. The number of β-amino-alcohol motifs (C(OH)–C–C–N with tert-alkyl or cyclic N) is 1. The third kappa shape index (κ3) is 5.92. The maximum absolute atomic E-state index is 12.7. The third-order valence-electron chi connectivity index (χ3n) is 4.79. The molecular formula is C20H29ClN2O4. The van der Waals surface area contributed by atoms with E-state index in [0.29, 0.717) is 11.4 Å². The maximum atomic E-state index is 12.7. The van der Waals surface area contributed by atoms with Crippen LogP contribution in [0.2, 0.25) is 5.02 Å². The van der Waals surface area contributed by atoms with Crippen LogP contribution >= 0.6 is 11.6 Å². The van der Waals surface area contributed by atoms with Crippen molar-refractivity contribution in [3.8, 4) is 0 Å². The number of benzene rings is 1. The summed E-state index contributed by atoms with van der Waals surface area (Å²) in [6.07, 6.45) is 3.80. The van der Waals surface area contributed by atoms with Crippen LogP contribution in [0.3, 0.4) is 0 Å². The average Bonchev–Trinajstić information content (AvgIpc) is 2.84. The Kier molecular flexibility index (Phi) is 8.07. The number of aliphatic hydroxyl groups excluding tert-OH is 1. The molecule has 1 aromatic carbocycles. The molecule has 0 radical (unpaired) electrons. The second-order valence-corrected chi connectivity index (χ2v) is 7.66. The zero-order valence-electron chi connectivity index (χ0n) is 16.0. The summed E-state index contributed by atoms with van der Waals surface area (Å²) >= 11 is 6.06. The number of nitrogens with zero attached hydrogens (tertiary/aromatic N) is 1. The van der Waals surface area contributed by atoms with E-state index in [4.69, 9.17) is 16.3 Å². The minimum absolute atomic E-state index is 0.00942. The summed E-state index contributed by atoms with van der Waals surface area (Å²) in [4.78, 5) is 25.9. The predicted octanol–water partition coefficient (Wildman–Crippen LogP) is 3.50. The summed E-state index contributed by atoms with van der Waals surface area (Å²) in [5, 5.41) is 13.5. The maximum Gasteiger partial charge on any atom is 0.325 e. The van der Waals surface area contributed by atoms with Crippen molar-refractivity contribution in [2.45, 2.75) is 64.2 Å². The number of halogens is 1. The Bertz CT molecular complexity index is 655. The Labute approximate surface area is 165 Å². The summed E-state index contributed by atoms with van der Waals surface area (Å²) in [5.41, 5.74) is -0.0656. The van der Waals surface area contributed by atoms with Gasteiger partial charge < -0.3 is 15.2 Å². The quantitative estimate of drug-likeness (QED) is 0.443. The minimum atomic E-state index is -0.954. The molecule has 2 rings (SSSR count). The Morgan fingerprint density at radius 1 is 1.26 bits per heavy atom. The number of rotatable bonds is 11. The molecule has 1 fully saturated rings. The molecule has 0 bridgehead atoms. The van der Waals surface area contributed by atoms with Crippen LogP contribution in [0.1, 0.15) is 51.5 Å². The van der Waals surface area contributed by atoms with Gasteiger partial charge in [0.05, 0.1) is 25.9 Å². The van der Waals surface area contributed by atoms with E-state index in [1.807, 2.05) is 18.2 Å². The lowest BCUT2D eigenvalue weighted by Gasteiger charge is -2.22. The van der Waals surface area contributed by atoms with Crippen molar-refractivity contribution in [1.82, 2.24) is 10.2 Å². The largest absolute Gasteiger partial charge is 0.389 e. The molecule has 1 aliphatic heterocycles. The Morgan fingerprint density at radius 3 is 2.70 bits per heavy atom. The number of imide groups is 1. The number of carbonyl (C=O) groups is 2. The first-order valence-corrected chi connectivity index (χ1v) is 9.88. The normalized spacial score (nSPS) is 20.8. The van der Waals surface area contributed by atoms with Gasteiger partial charge in [-0.05, 0) is 25.0 Å². The summed E-state index contributed by atoms with van der Waals surface area (Å²) in [5.74, 6) is -0.283. The Balaban J connectivity index is 1.80. The lowest BCUT2D eigenvalue weighted by atomic mass is 9.94. The number of ether oxygens (including phenoxy) is 1. The molecule has 0 saturated carbocycles. The zero-order chi connectivity index (χ0) is 19.9. The van der Waals surface area contributed by atoms with Gasteiger partial charge in [0.1, 0.15) is 5.54 Å². The van der Waals surface area contributed by atoms with E-state index in [1.165, 1.54) is 0 Å². The third-order valence-corrected chi connectivity index (χ3v) is 5.16. The van der Waals surface area contributed by atoms with Crippen molar-refractivity contribution in [1.29, 1.82) is 0 Å². The van der Waals surface area contributed by atoms with Crippen molar-refractivity contribution in [3.63, 3.8) is 0 Å². The SMILES string of the molecule is CCCCCC[C@]1(C)NC(=O)N(C[C@@H](O)COCc2ccccc2Cl)C1=O. The second-order valence-electron chi connectivity index (χ2n) is 7.25. The van der Waals surface area contributed by atoms with Gasteiger partial charge in [0.15, 0.2) is 0 Å². The van der Waals surface area contributed by atoms with E-state index < -0.39 is 17.7 Å². The number of urea groups is 1. The molecule has 3 amide bonds. The molecule has 1 aromatic rings. The summed E-state index contributed by atoms with van der Waals surface area (Å²) in [6.45, 7) is 4.06. The summed E-state index contributed by atoms with van der Waals surface area (Å²) < 4.78 is 5.48. The van der Waals surface area contributed by atoms with Gasteiger partial charge in [-0.3, -0.25) is 9.69 Å². The van der Waals surface area contributed by atoms with E-state index in [0.717, 1.165) is 36.1 Å². The highest BCUT2D eigenvalue weighted by Gasteiger charge is 2.47. The monoisotopic (exact) mass is 396 g/mol. The van der Waals surface area contributed by atoms with E-state index in [2.05, 4.69) is 12.2 Å². The van der Waals surface area contributed by atoms with E-state index in [-0.39, 0.29) is 25.7 Å². The van der Waals surface area contributed by atoms with Gasteiger partial charge in [-0.1, -0.05) is 62.4 Å². The lowest BCUT2D eigenvalue weighted by Crippen LogP contribution is -2.44. The van der Waals surface area contributed by atoms with Crippen LogP contribution in [-0.4, -0.2) is 46.7 Å². The number of nitrogens with one attached hydrogen (secondary N) is 1. The van der Waals surface area contributed by atoms with Crippen LogP contribution in [0.15, 0.2) is 24.3 Å². The number of hydrogen-bond donors (Lipinski definition) is 2. The van der Waals surface area contributed by atoms with E-state index >= 15 is 0 Å². The molecule has 2 N–H and O–H groups in total. The van der Waals surface area contributed by atoms with Gasteiger partial charge in [-0.15, -0.1) is 0 Å². The first kappa shape index (κ1) is 21.7. The van der Waals surface area contributed by atoms with Gasteiger partial charge in [-0.2, -0.15) is 0 Å². The number of aliphatic hydroxyl groups is 1. The van der Waals surface area contributed by atoms with Crippen LogP contribution < -0.4 is 5.32 Å². The van der Waals surface area contributed by atoms with Crippen LogP contribution in [0.5, 0.6) is 0 Å². The predicted molar refractivity (Wildman–Crippen MR) is 105 cm³/mol. The highest BCUT2D eigenvalue weighted by Crippen LogP contribution is 2.24. The number of unbranched alkanes of at least 4 members (excludes halogenated alkanes) is 3. The molecule has 1 saturated heterocycles. The van der Waals surface area contributed by atoms with Gasteiger partial charge in [-0.25, -0.2) is 4.79 Å². The molecular weight excluding hydrogens is 368 g/mol. The van der Waals surface area contributed by atoms with Crippen LogP contribution in [-0.2, 0) is 16.1 Å². The second kappa shape index (κ2) is 10.1. The molecule has 1 aliphatic rings. The zero-order valence-corrected chi connectivity index (χ0v) is 16.8. The molecule has 1 heterocycles. The van der Waals surface area contributed by atoms with E-state index in [1.54, 1.807) is 13.0 Å². The molecule has 150 valence electrons. The molecule has 7 heteroatoms. The molecule has 0 aromatic heterocycles. The standard InChI is InChI=1S/C20H29ClN2O4/c1-3-4-5-8-11-20(2)18(25)23(19(26)22-20)12-16(24)14-27-13-15-9-6-7-10-17(15)21/h6-7,9-10,16,24H,3-5,8,11-14H2,1-2H3,(H,22,26)/t16-,20+/m1/s1. The molecule has 27 heavy (non-hydrogen) atoms. The first-order valence-electron chi connectivity index (χ1n) is 9.50. The molecule has 0 spiro atoms.